The summed E-state index contributed by atoms with van der Waals surface area (Å²) in [5.41, 5.74) is 0.536. The second-order valence-electron chi connectivity index (χ2n) is 3.57. The molecule has 7 heteroatoms. The van der Waals surface area contributed by atoms with Crippen LogP contribution in [0.15, 0.2) is 65.9 Å². The molecule has 0 aliphatic carbocycles. The van der Waals surface area contributed by atoms with Gasteiger partial charge in [0.05, 0.1) is 11.0 Å². The molecule has 96 valence electrons. The number of nitroso groups, excluding NO2 is 1. The zero-order valence-corrected chi connectivity index (χ0v) is 9.79. The summed E-state index contributed by atoms with van der Waals surface area (Å²) in [6.45, 7) is 0. The Kier molecular flexibility index (Phi) is 3.67. The predicted molar refractivity (Wildman–Crippen MR) is 70.6 cm³/mol. The predicted octanol–water partition coefficient (Wildman–Crippen LogP) is 2.79. The highest BCUT2D eigenvalue weighted by Crippen LogP contribution is 2.22. The quantitative estimate of drug-likeness (QED) is 0.468. The lowest BCUT2D eigenvalue weighted by atomic mass is 10.3. The zero-order chi connectivity index (χ0) is 13.7. The fourth-order valence-corrected chi connectivity index (χ4v) is 1.59. The van der Waals surface area contributed by atoms with E-state index in [0.29, 0.717) is 15.9 Å². The summed E-state index contributed by atoms with van der Waals surface area (Å²) in [6, 6.07) is 16.2. The number of nitrogens with zero attached hydrogens (tertiary/aromatic N) is 4. The molecular weight excluding hydrogens is 248 g/mol. The van der Waals surface area contributed by atoms with Gasteiger partial charge in [0.15, 0.2) is 5.03 Å². The molecule has 0 heterocycles. The minimum absolute atomic E-state index is 0.232. The molecule has 0 fully saturated rings. The Morgan fingerprint density at radius 2 is 1.37 bits per heavy atom. The molecule has 0 spiro atoms. The van der Waals surface area contributed by atoms with E-state index in [-0.39, 0.29) is 5.69 Å². The summed E-state index contributed by atoms with van der Waals surface area (Å²) in [6.07, 6.45) is 0. The van der Waals surface area contributed by atoms with Crippen LogP contribution in [0.1, 0.15) is 0 Å². The average Bonchev–Trinajstić information content (AvgIpc) is 2.46. The van der Waals surface area contributed by atoms with E-state index >= 15 is 0 Å². The molecule has 2 rings (SSSR count). The molecule has 0 unspecified atom stereocenters. The van der Waals surface area contributed by atoms with Crippen LogP contribution in [0.25, 0.3) is 0 Å². The lowest BCUT2D eigenvalue weighted by molar-refractivity contribution is -0.496. The van der Waals surface area contributed by atoms with Gasteiger partial charge < -0.3 is 0 Å². The van der Waals surface area contributed by atoms with Crippen molar-refractivity contribution in [2.75, 3.05) is 10.2 Å². The van der Waals surface area contributed by atoms with Gasteiger partial charge in [0.1, 0.15) is 5.69 Å². The number of anilines is 2. The third-order valence-corrected chi connectivity index (χ3v) is 2.39. The summed E-state index contributed by atoms with van der Waals surface area (Å²) < 4.78 is 0. The van der Waals surface area contributed by atoms with Gasteiger partial charge in [0.25, 0.3) is 0 Å². The van der Waals surface area contributed by atoms with Crippen LogP contribution in [0.3, 0.4) is 0 Å². The van der Waals surface area contributed by atoms with E-state index < -0.39 is 5.03 Å². The molecule has 2 aromatic carbocycles. The standard InChI is InChI=1S/C12H10N4O3/c17-13-14(11-7-3-1-4-8-11)15(16(18)19)12-9-5-2-6-10-12/h1-10H. The van der Waals surface area contributed by atoms with E-state index in [1.165, 1.54) is 12.1 Å². The van der Waals surface area contributed by atoms with Gasteiger partial charge in [-0.1, -0.05) is 41.5 Å². The van der Waals surface area contributed by atoms with E-state index in [2.05, 4.69) is 5.29 Å². The Morgan fingerprint density at radius 3 is 1.79 bits per heavy atom. The van der Waals surface area contributed by atoms with Gasteiger partial charge in [-0.2, -0.15) is 0 Å². The summed E-state index contributed by atoms with van der Waals surface area (Å²) >= 11 is 0. The molecule has 0 amide bonds. The van der Waals surface area contributed by atoms with Crippen molar-refractivity contribution in [3.05, 3.63) is 75.7 Å². The minimum Gasteiger partial charge on any atom is -0.233 e. The fourth-order valence-electron chi connectivity index (χ4n) is 1.59. The minimum atomic E-state index is -0.705. The van der Waals surface area contributed by atoms with Crippen LogP contribution in [-0.4, -0.2) is 5.03 Å². The van der Waals surface area contributed by atoms with Crippen LogP contribution in [0, 0.1) is 15.0 Å². The van der Waals surface area contributed by atoms with Crippen LogP contribution in [-0.2, 0) is 0 Å². The Morgan fingerprint density at radius 1 is 0.895 bits per heavy atom. The third kappa shape index (κ3) is 2.65. The normalized spacial score (nSPS) is 9.68. The average molecular weight is 258 g/mol. The lowest BCUT2D eigenvalue weighted by Gasteiger charge is -2.21. The molecule has 0 N–H and O–H groups in total. The van der Waals surface area contributed by atoms with Gasteiger partial charge in [0, 0.05) is 5.12 Å². The molecule has 0 aliphatic heterocycles. The fraction of sp³-hybridized carbons (Fsp3) is 0. The maximum atomic E-state index is 11.2. The van der Waals surface area contributed by atoms with E-state index in [4.69, 9.17) is 0 Å². The number of para-hydroxylation sites is 2. The highest BCUT2D eigenvalue weighted by molar-refractivity contribution is 5.54. The van der Waals surface area contributed by atoms with Crippen LogP contribution in [0.4, 0.5) is 11.4 Å². The van der Waals surface area contributed by atoms with E-state index in [0.717, 1.165) is 0 Å². The van der Waals surface area contributed by atoms with Crippen molar-refractivity contribution in [2.45, 2.75) is 0 Å². The Bertz CT molecular complexity index is 562. The summed E-state index contributed by atoms with van der Waals surface area (Å²) in [5, 5.41) is 14.5. The number of nitro groups is 1. The smallest absolute Gasteiger partial charge is 0.188 e. The number of hydrogen-bond donors (Lipinski definition) is 0. The van der Waals surface area contributed by atoms with Gasteiger partial charge in [-0.25, -0.2) is 10.1 Å². The molecule has 0 aliphatic rings. The molecule has 0 bridgehead atoms. The second-order valence-corrected chi connectivity index (χ2v) is 3.57. The number of benzene rings is 2. The highest BCUT2D eigenvalue weighted by Gasteiger charge is 2.27. The Hall–Kier alpha value is -2.96. The van der Waals surface area contributed by atoms with Gasteiger partial charge in [-0.3, -0.25) is 0 Å². The summed E-state index contributed by atoms with van der Waals surface area (Å²) in [5.74, 6) is 0. The van der Waals surface area contributed by atoms with Gasteiger partial charge in [-0.15, -0.1) is 4.91 Å². The van der Waals surface area contributed by atoms with Crippen molar-refractivity contribution in [1.82, 2.24) is 0 Å². The Labute approximate surface area is 108 Å². The van der Waals surface area contributed by atoms with Crippen LogP contribution >= 0.6 is 0 Å². The Balaban J connectivity index is 2.43. The number of hydrogen-bond acceptors (Lipinski definition) is 4. The first-order valence-corrected chi connectivity index (χ1v) is 5.42. The third-order valence-electron chi connectivity index (χ3n) is 2.39. The first kappa shape index (κ1) is 12.5. The number of hydrazine groups is 2. The zero-order valence-electron chi connectivity index (χ0n) is 9.79. The molecule has 2 aromatic rings. The molecule has 0 atom stereocenters. The molecule has 0 saturated heterocycles. The van der Waals surface area contributed by atoms with Gasteiger partial charge in [0.2, 0.25) is 0 Å². The van der Waals surface area contributed by atoms with E-state index in [1.54, 1.807) is 48.5 Å². The SMILES string of the molecule is O=NN(c1ccccc1)N(c1ccccc1)[N+](=O)[O-]. The monoisotopic (exact) mass is 258 g/mol. The molecule has 0 aromatic heterocycles. The molecule has 19 heavy (non-hydrogen) atoms. The van der Waals surface area contributed by atoms with E-state index in [9.17, 15) is 15.0 Å². The van der Waals surface area contributed by atoms with Crippen molar-refractivity contribution in [3.8, 4) is 0 Å². The van der Waals surface area contributed by atoms with Crippen molar-refractivity contribution in [3.63, 3.8) is 0 Å². The molecule has 7 nitrogen and oxygen atoms in total. The number of rotatable bonds is 5. The van der Waals surface area contributed by atoms with Crippen LogP contribution in [0.2, 0.25) is 0 Å². The van der Waals surface area contributed by atoms with Crippen molar-refractivity contribution in [2.24, 2.45) is 5.29 Å². The van der Waals surface area contributed by atoms with Crippen molar-refractivity contribution >= 4 is 11.4 Å². The topological polar surface area (TPSA) is 79.0 Å². The molecule has 0 radical (unpaired) electrons. The van der Waals surface area contributed by atoms with Gasteiger partial charge >= 0.3 is 0 Å². The maximum absolute atomic E-state index is 11.2. The molecule has 0 saturated carbocycles. The lowest BCUT2D eigenvalue weighted by Crippen LogP contribution is -2.43. The molecular formula is C12H10N4O3. The van der Waals surface area contributed by atoms with Crippen LogP contribution < -0.4 is 10.2 Å². The van der Waals surface area contributed by atoms with Crippen LogP contribution in [0.5, 0.6) is 0 Å². The highest BCUT2D eigenvalue weighted by atomic mass is 16.7. The summed E-state index contributed by atoms with van der Waals surface area (Å²) in [4.78, 5) is 22.1. The largest absolute Gasteiger partial charge is 0.233 e. The van der Waals surface area contributed by atoms with E-state index in [1.807, 2.05) is 0 Å². The second kappa shape index (κ2) is 5.58. The first-order valence-electron chi connectivity index (χ1n) is 5.42. The van der Waals surface area contributed by atoms with Crippen molar-refractivity contribution < 1.29 is 5.03 Å². The summed E-state index contributed by atoms with van der Waals surface area (Å²) in [7, 11) is 0. The van der Waals surface area contributed by atoms with Crippen molar-refractivity contribution in [1.29, 1.82) is 0 Å². The van der Waals surface area contributed by atoms with Gasteiger partial charge in [-0.05, 0) is 24.3 Å². The maximum Gasteiger partial charge on any atom is 0.188 e. The first-order chi connectivity index (χ1) is 9.24.